The van der Waals surface area contributed by atoms with E-state index in [4.69, 9.17) is 0 Å². The van der Waals surface area contributed by atoms with Crippen molar-refractivity contribution in [1.29, 1.82) is 0 Å². The fraction of sp³-hybridized carbons (Fsp3) is 0.412. The summed E-state index contributed by atoms with van der Waals surface area (Å²) < 4.78 is 0. The Hall–Kier alpha value is -2.34. The van der Waals surface area contributed by atoms with Gasteiger partial charge in [-0.3, -0.25) is 9.69 Å². The molecule has 2 aromatic rings. The lowest BCUT2D eigenvalue weighted by Gasteiger charge is -2.40. The maximum Gasteiger partial charge on any atom is 0.256 e. The molecule has 122 valence electrons. The number of likely N-dealkylation sites (N-methyl/N-ethyl adjacent to an activating group) is 1. The molecule has 6 heteroatoms. The summed E-state index contributed by atoms with van der Waals surface area (Å²) >= 11 is 0. The molecule has 6 nitrogen and oxygen atoms in total. The highest BCUT2D eigenvalue weighted by Crippen LogP contribution is 2.25. The third-order valence-electron chi connectivity index (χ3n) is 4.45. The highest BCUT2D eigenvalue weighted by molar-refractivity contribution is 5.99. The molecule has 3 rings (SSSR count). The summed E-state index contributed by atoms with van der Waals surface area (Å²) in [5, 5.41) is 3.10. The Balaban J connectivity index is 1.82. The van der Waals surface area contributed by atoms with Crippen molar-refractivity contribution in [1.82, 2.24) is 19.8 Å². The highest BCUT2D eigenvalue weighted by atomic mass is 16.2. The number of anilines is 1. The fourth-order valence-electron chi connectivity index (χ4n) is 3.16. The van der Waals surface area contributed by atoms with Gasteiger partial charge in [0.15, 0.2) is 0 Å². The molecule has 1 aliphatic heterocycles. The predicted octanol–water partition coefficient (Wildman–Crippen LogP) is 1.97. The molecule has 1 aliphatic rings. The van der Waals surface area contributed by atoms with Gasteiger partial charge in [-0.05, 0) is 18.7 Å². The Kier molecular flexibility index (Phi) is 4.62. The Bertz CT molecular complexity index is 655. The van der Waals surface area contributed by atoms with E-state index in [1.165, 1.54) is 0 Å². The second kappa shape index (κ2) is 6.83. The third-order valence-corrected chi connectivity index (χ3v) is 4.45. The van der Waals surface area contributed by atoms with Crippen LogP contribution in [0.5, 0.6) is 0 Å². The van der Waals surface area contributed by atoms with Crippen LogP contribution >= 0.6 is 0 Å². The SMILES string of the molecule is CCN1CCN(C(=O)c2ccccc2NC)C[C@@H]1c1ncc[nH]1. The second-order valence-corrected chi connectivity index (χ2v) is 5.67. The van der Waals surface area contributed by atoms with E-state index in [9.17, 15) is 4.79 Å². The number of aromatic amines is 1. The summed E-state index contributed by atoms with van der Waals surface area (Å²) in [7, 11) is 1.84. The summed E-state index contributed by atoms with van der Waals surface area (Å²) in [6.45, 7) is 5.33. The topological polar surface area (TPSA) is 64.3 Å². The van der Waals surface area contributed by atoms with E-state index in [0.29, 0.717) is 6.54 Å². The van der Waals surface area contributed by atoms with Crippen LogP contribution in [-0.4, -0.2) is 58.9 Å². The van der Waals surface area contributed by atoms with E-state index in [1.807, 2.05) is 42.4 Å². The molecule has 2 N–H and O–H groups in total. The Morgan fingerprint density at radius 3 is 2.91 bits per heavy atom. The molecule has 0 radical (unpaired) electrons. The first-order valence-electron chi connectivity index (χ1n) is 8.04. The zero-order valence-corrected chi connectivity index (χ0v) is 13.6. The van der Waals surface area contributed by atoms with Gasteiger partial charge in [-0.15, -0.1) is 0 Å². The molecule has 1 aromatic carbocycles. The number of benzene rings is 1. The number of amides is 1. The van der Waals surface area contributed by atoms with Gasteiger partial charge in [-0.1, -0.05) is 19.1 Å². The lowest BCUT2D eigenvalue weighted by Crippen LogP contribution is -2.50. The van der Waals surface area contributed by atoms with Crippen molar-refractivity contribution in [3.05, 3.63) is 48.0 Å². The van der Waals surface area contributed by atoms with Gasteiger partial charge in [0.05, 0.1) is 11.6 Å². The number of rotatable bonds is 4. The van der Waals surface area contributed by atoms with E-state index >= 15 is 0 Å². The lowest BCUT2D eigenvalue weighted by atomic mass is 10.1. The number of hydrogen-bond acceptors (Lipinski definition) is 4. The van der Waals surface area contributed by atoms with Crippen LogP contribution in [0, 0.1) is 0 Å². The Morgan fingerprint density at radius 1 is 1.39 bits per heavy atom. The van der Waals surface area contributed by atoms with Crippen LogP contribution in [0.4, 0.5) is 5.69 Å². The van der Waals surface area contributed by atoms with E-state index in [-0.39, 0.29) is 11.9 Å². The summed E-state index contributed by atoms with van der Waals surface area (Å²) in [5.74, 6) is 0.994. The van der Waals surface area contributed by atoms with Gasteiger partial charge < -0.3 is 15.2 Å². The fourth-order valence-corrected chi connectivity index (χ4v) is 3.16. The van der Waals surface area contributed by atoms with Crippen LogP contribution in [-0.2, 0) is 0 Å². The molecule has 0 bridgehead atoms. The molecule has 23 heavy (non-hydrogen) atoms. The lowest BCUT2D eigenvalue weighted by molar-refractivity contribution is 0.0480. The van der Waals surface area contributed by atoms with Crippen LogP contribution in [0.3, 0.4) is 0 Å². The number of carbonyl (C=O) groups excluding carboxylic acids is 1. The van der Waals surface area contributed by atoms with Gasteiger partial charge in [0.25, 0.3) is 5.91 Å². The van der Waals surface area contributed by atoms with Crippen LogP contribution in [0.1, 0.15) is 29.1 Å². The minimum atomic E-state index is 0.0715. The number of piperazine rings is 1. The monoisotopic (exact) mass is 313 g/mol. The van der Waals surface area contributed by atoms with E-state index in [0.717, 1.165) is 36.7 Å². The molecule has 1 fully saturated rings. The molecule has 2 heterocycles. The average Bonchev–Trinajstić information content (AvgIpc) is 3.15. The van der Waals surface area contributed by atoms with E-state index in [2.05, 4.69) is 27.1 Å². The maximum atomic E-state index is 12.9. The molecule has 0 aliphatic carbocycles. The minimum Gasteiger partial charge on any atom is -0.387 e. The molecule has 1 atom stereocenters. The van der Waals surface area contributed by atoms with Gasteiger partial charge in [0.1, 0.15) is 5.82 Å². The highest BCUT2D eigenvalue weighted by Gasteiger charge is 2.32. The first kappa shape index (κ1) is 15.6. The van der Waals surface area contributed by atoms with Crippen LogP contribution in [0.25, 0.3) is 0 Å². The zero-order valence-electron chi connectivity index (χ0n) is 13.6. The molecular formula is C17H23N5O. The van der Waals surface area contributed by atoms with Crippen molar-refractivity contribution in [3.63, 3.8) is 0 Å². The molecule has 1 amide bonds. The number of nitrogens with one attached hydrogen (secondary N) is 2. The van der Waals surface area contributed by atoms with E-state index < -0.39 is 0 Å². The molecule has 1 saturated heterocycles. The Morgan fingerprint density at radius 2 is 2.22 bits per heavy atom. The van der Waals surface area contributed by atoms with Gasteiger partial charge in [-0.2, -0.15) is 0 Å². The first-order valence-corrected chi connectivity index (χ1v) is 8.04. The standard InChI is InChI=1S/C17H23N5O/c1-3-21-10-11-22(12-15(21)16-19-8-9-20-16)17(23)13-6-4-5-7-14(13)18-2/h4-9,15,18H,3,10-12H2,1-2H3,(H,19,20)/t15-/m1/s1. The first-order chi connectivity index (χ1) is 11.2. The number of H-pyrrole nitrogens is 1. The van der Waals surface area contributed by atoms with Crippen molar-refractivity contribution in [2.45, 2.75) is 13.0 Å². The normalized spacial score (nSPS) is 18.9. The Labute approximate surface area is 136 Å². The van der Waals surface area contributed by atoms with Gasteiger partial charge in [0.2, 0.25) is 0 Å². The number of para-hydroxylation sites is 1. The average molecular weight is 313 g/mol. The quantitative estimate of drug-likeness (QED) is 0.906. The van der Waals surface area contributed by atoms with Crippen LogP contribution in [0.2, 0.25) is 0 Å². The summed E-state index contributed by atoms with van der Waals surface area (Å²) in [4.78, 5) is 24.8. The summed E-state index contributed by atoms with van der Waals surface area (Å²) in [5.41, 5.74) is 1.59. The van der Waals surface area contributed by atoms with Crippen LogP contribution in [0.15, 0.2) is 36.7 Å². The number of aromatic nitrogens is 2. The molecule has 0 unspecified atom stereocenters. The smallest absolute Gasteiger partial charge is 0.256 e. The minimum absolute atomic E-state index is 0.0715. The molecular weight excluding hydrogens is 290 g/mol. The molecule has 0 saturated carbocycles. The second-order valence-electron chi connectivity index (χ2n) is 5.67. The number of carbonyl (C=O) groups is 1. The molecule has 0 spiro atoms. The summed E-state index contributed by atoms with van der Waals surface area (Å²) in [6.07, 6.45) is 3.60. The van der Waals surface area contributed by atoms with Gasteiger partial charge in [0, 0.05) is 44.8 Å². The van der Waals surface area contributed by atoms with Crippen molar-refractivity contribution >= 4 is 11.6 Å². The van der Waals surface area contributed by atoms with Crippen molar-refractivity contribution in [3.8, 4) is 0 Å². The van der Waals surface area contributed by atoms with Crippen molar-refractivity contribution in [2.24, 2.45) is 0 Å². The largest absolute Gasteiger partial charge is 0.387 e. The predicted molar refractivity (Wildman–Crippen MR) is 90.5 cm³/mol. The van der Waals surface area contributed by atoms with Crippen molar-refractivity contribution in [2.75, 3.05) is 38.5 Å². The van der Waals surface area contributed by atoms with Gasteiger partial charge >= 0.3 is 0 Å². The maximum absolute atomic E-state index is 12.9. The molecule has 1 aromatic heterocycles. The zero-order chi connectivity index (χ0) is 16.2. The third kappa shape index (κ3) is 3.07. The van der Waals surface area contributed by atoms with Gasteiger partial charge in [-0.25, -0.2) is 4.98 Å². The number of imidazole rings is 1. The van der Waals surface area contributed by atoms with Crippen molar-refractivity contribution < 1.29 is 4.79 Å². The summed E-state index contributed by atoms with van der Waals surface area (Å²) in [6, 6.07) is 7.76. The van der Waals surface area contributed by atoms with Crippen LogP contribution < -0.4 is 5.32 Å². The number of nitrogens with zero attached hydrogens (tertiary/aromatic N) is 3. The van der Waals surface area contributed by atoms with E-state index in [1.54, 1.807) is 6.20 Å². The number of hydrogen-bond donors (Lipinski definition) is 2.